The van der Waals surface area contributed by atoms with Crippen molar-refractivity contribution >= 4 is 33.5 Å². The lowest BCUT2D eigenvalue weighted by Crippen LogP contribution is -2.36. The number of morpholine rings is 1. The molecule has 0 unspecified atom stereocenters. The fourth-order valence-corrected chi connectivity index (χ4v) is 4.21. The molecular formula is C29H31BrN2O3. The Morgan fingerprint density at radius 3 is 2.46 bits per heavy atom. The summed E-state index contributed by atoms with van der Waals surface area (Å²) in [6.45, 7) is 10.3. The number of allylic oxidation sites excluding steroid dienone is 1. The molecular weight excluding hydrogens is 504 g/mol. The maximum atomic E-state index is 6.24. The molecule has 1 aliphatic rings. The van der Waals surface area contributed by atoms with E-state index >= 15 is 0 Å². The number of benzene rings is 3. The summed E-state index contributed by atoms with van der Waals surface area (Å²) in [5.41, 5.74) is 5.17. The molecule has 0 atom stereocenters. The summed E-state index contributed by atoms with van der Waals surface area (Å²) in [6, 6.07) is 20.5. The SMILES string of the molecule is C=CCc1cc(C=Nc2ccc(N3CCOCC3)cc2)cc(OCC)c1OCc1ccc(Br)cc1. The van der Waals surface area contributed by atoms with Crippen LogP contribution in [-0.4, -0.2) is 39.1 Å². The molecule has 1 heterocycles. The summed E-state index contributed by atoms with van der Waals surface area (Å²) >= 11 is 3.48. The van der Waals surface area contributed by atoms with E-state index in [-0.39, 0.29) is 0 Å². The van der Waals surface area contributed by atoms with E-state index in [0.717, 1.165) is 58.9 Å². The summed E-state index contributed by atoms with van der Waals surface area (Å²) in [6.07, 6.45) is 4.42. The lowest BCUT2D eigenvalue weighted by Gasteiger charge is -2.28. The molecule has 6 heteroatoms. The molecule has 3 aromatic carbocycles. The topological polar surface area (TPSA) is 43.3 Å². The smallest absolute Gasteiger partial charge is 0.165 e. The van der Waals surface area contributed by atoms with Crippen LogP contribution in [0.3, 0.4) is 0 Å². The van der Waals surface area contributed by atoms with Crippen LogP contribution in [0.1, 0.15) is 23.6 Å². The summed E-state index contributed by atoms with van der Waals surface area (Å²) < 4.78 is 18.7. The molecule has 1 fully saturated rings. The van der Waals surface area contributed by atoms with Crippen molar-refractivity contribution in [2.45, 2.75) is 20.0 Å². The molecule has 4 rings (SSSR count). The molecule has 0 aliphatic carbocycles. The highest BCUT2D eigenvalue weighted by Gasteiger charge is 2.14. The van der Waals surface area contributed by atoms with E-state index in [1.807, 2.05) is 61.7 Å². The van der Waals surface area contributed by atoms with Gasteiger partial charge in [0.2, 0.25) is 0 Å². The van der Waals surface area contributed by atoms with E-state index in [2.05, 4.69) is 45.6 Å². The standard InChI is InChI=1S/C29H31BrN2O3/c1-3-5-24-18-23(20-31-26-10-12-27(13-11-26)32-14-16-33-17-15-32)19-28(34-4-2)29(24)35-21-22-6-8-25(30)9-7-22/h3,6-13,18-20H,1,4-5,14-17,21H2,2H3. The van der Waals surface area contributed by atoms with Crippen molar-refractivity contribution in [1.29, 1.82) is 0 Å². The second-order valence-electron chi connectivity index (χ2n) is 8.22. The molecule has 0 bridgehead atoms. The number of rotatable bonds is 10. The number of ether oxygens (including phenoxy) is 3. The maximum Gasteiger partial charge on any atom is 0.165 e. The van der Waals surface area contributed by atoms with Gasteiger partial charge in [-0.1, -0.05) is 34.1 Å². The van der Waals surface area contributed by atoms with Crippen LogP contribution < -0.4 is 14.4 Å². The minimum absolute atomic E-state index is 0.459. The number of halogens is 1. The second-order valence-corrected chi connectivity index (χ2v) is 9.14. The van der Waals surface area contributed by atoms with E-state index in [1.165, 1.54) is 5.69 Å². The Labute approximate surface area is 216 Å². The first-order chi connectivity index (χ1) is 17.2. The third-order valence-corrected chi connectivity index (χ3v) is 6.23. The first kappa shape index (κ1) is 25.0. The normalized spacial score (nSPS) is 13.7. The Balaban J connectivity index is 1.53. The van der Waals surface area contributed by atoms with Gasteiger partial charge in [-0.25, -0.2) is 0 Å². The highest BCUT2D eigenvalue weighted by molar-refractivity contribution is 9.10. The van der Waals surface area contributed by atoms with Crippen molar-refractivity contribution in [2.75, 3.05) is 37.8 Å². The lowest BCUT2D eigenvalue weighted by atomic mass is 10.1. The lowest BCUT2D eigenvalue weighted by molar-refractivity contribution is 0.122. The van der Waals surface area contributed by atoms with Crippen molar-refractivity contribution < 1.29 is 14.2 Å². The van der Waals surface area contributed by atoms with Crippen molar-refractivity contribution in [3.8, 4) is 11.5 Å². The van der Waals surface area contributed by atoms with Crippen LogP contribution in [0.25, 0.3) is 0 Å². The monoisotopic (exact) mass is 534 g/mol. The average Bonchev–Trinajstić information content (AvgIpc) is 2.89. The van der Waals surface area contributed by atoms with Crippen LogP contribution in [0.4, 0.5) is 11.4 Å². The van der Waals surface area contributed by atoms with Crippen LogP contribution in [-0.2, 0) is 17.8 Å². The van der Waals surface area contributed by atoms with Gasteiger partial charge in [-0.3, -0.25) is 4.99 Å². The van der Waals surface area contributed by atoms with E-state index in [9.17, 15) is 0 Å². The third kappa shape index (κ3) is 6.96. The molecule has 0 spiro atoms. The number of hydrogen-bond acceptors (Lipinski definition) is 5. The predicted octanol–water partition coefficient (Wildman–Crippen LogP) is 6.74. The first-order valence-corrected chi connectivity index (χ1v) is 12.7. The van der Waals surface area contributed by atoms with Crippen LogP contribution in [0, 0.1) is 0 Å². The number of aliphatic imine (C=N–C) groups is 1. The van der Waals surface area contributed by atoms with Gasteiger partial charge in [0.05, 0.1) is 25.5 Å². The van der Waals surface area contributed by atoms with Gasteiger partial charge in [-0.15, -0.1) is 6.58 Å². The fourth-order valence-electron chi connectivity index (χ4n) is 3.95. The van der Waals surface area contributed by atoms with E-state index in [1.54, 1.807) is 0 Å². The van der Waals surface area contributed by atoms with Gasteiger partial charge in [0.1, 0.15) is 6.61 Å². The van der Waals surface area contributed by atoms with Gasteiger partial charge in [-0.05, 0) is 73.0 Å². The van der Waals surface area contributed by atoms with Crippen LogP contribution in [0.2, 0.25) is 0 Å². The Morgan fingerprint density at radius 1 is 1.03 bits per heavy atom. The molecule has 0 amide bonds. The Bertz CT molecular complexity index is 1140. The Morgan fingerprint density at radius 2 is 1.77 bits per heavy atom. The molecule has 0 aromatic heterocycles. The molecule has 5 nitrogen and oxygen atoms in total. The molecule has 0 saturated carbocycles. The summed E-state index contributed by atoms with van der Waals surface area (Å²) in [4.78, 5) is 7.04. The maximum absolute atomic E-state index is 6.24. The Kier molecular flexibility index (Phi) is 8.98. The first-order valence-electron chi connectivity index (χ1n) is 11.9. The van der Waals surface area contributed by atoms with Crippen molar-refractivity contribution in [3.63, 3.8) is 0 Å². The van der Waals surface area contributed by atoms with Gasteiger partial charge in [0.25, 0.3) is 0 Å². The molecule has 1 saturated heterocycles. The molecule has 0 radical (unpaired) electrons. The Hall–Kier alpha value is -3.09. The van der Waals surface area contributed by atoms with Crippen molar-refractivity contribution in [2.24, 2.45) is 4.99 Å². The summed E-state index contributed by atoms with van der Waals surface area (Å²) in [5.74, 6) is 1.47. The zero-order chi connectivity index (χ0) is 24.5. The molecule has 35 heavy (non-hydrogen) atoms. The largest absolute Gasteiger partial charge is 0.490 e. The summed E-state index contributed by atoms with van der Waals surface area (Å²) in [5, 5.41) is 0. The van der Waals surface area contributed by atoms with Crippen LogP contribution in [0.5, 0.6) is 11.5 Å². The van der Waals surface area contributed by atoms with Crippen molar-refractivity contribution in [1.82, 2.24) is 0 Å². The third-order valence-electron chi connectivity index (χ3n) is 5.70. The van der Waals surface area contributed by atoms with Gasteiger partial charge < -0.3 is 19.1 Å². The second kappa shape index (κ2) is 12.6. The molecule has 182 valence electrons. The van der Waals surface area contributed by atoms with E-state index in [0.29, 0.717) is 25.4 Å². The predicted molar refractivity (Wildman–Crippen MR) is 147 cm³/mol. The molecule has 3 aromatic rings. The van der Waals surface area contributed by atoms with Gasteiger partial charge in [-0.2, -0.15) is 0 Å². The van der Waals surface area contributed by atoms with Crippen LogP contribution in [0.15, 0.2) is 82.8 Å². The highest BCUT2D eigenvalue weighted by atomic mass is 79.9. The van der Waals surface area contributed by atoms with E-state index in [4.69, 9.17) is 19.2 Å². The van der Waals surface area contributed by atoms with Gasteiger partial charge >= 0.3 is 0 Å². The number of hydrogen-bond donors (Lipinski definition) is 0. The number of nitrogens with zero attached hydrogens (tertiary/aromatic N) is 2. The minimum Gasteiger partial charge on any atom is -0.490 e. The highest BCUT2D eigenvalue weighted by Crippen LogP contribution is 2.34. The minimum atomic E-state index is 0.459. The van der Waals surface area contributed by atoms with E-state index < -0.39 is 0 Å². The fraction of sp³-hybridized carbons (Fsp3) is 0.276. The van der Waals surface area contributed by atoms with Crippen LogP contribution >= 0.6 is 15.9 Å². The zero-order valence-electron chi connectivity index (χ0n) is 20.1. The van der Waals surface area contributed by atoms with Crippen molar-refractivity contribution in [3.05, 3.63) is 94.5 Å². The molecule has 1 aliphatic heterocycles. The van der Waals surface area contributed by atoms with Gasteiger partial charge in [0, 0.05) is 35.0 Å². The summed E-state index contributed by atoms with van der Waals surface area (Å²) in [7, 11) is 0. The quantitative estimate of drug-likeness (QED) is 0.213. The zero-order valence-corrected chi connectivity index (χ0v) is 21.7. The van der Waals surface area contributed by atoms with Gasteiger partial charge in [0.15, 0.2) is 11.5 Å². The average molecular weight is 535 g/mol. The molecule has 0 N–H and O–H groups in total. The number of anilines is 1.